The van der Waals surface area contributed by atoms with Gasteiger partial charge in [0.25, 0.3) is 5.91 Å². The first-order valence-electron chi connectivity index (χ1n) is 9.22. The Bertz CT molecular complexity index is 863. The molecule has 1 aliphatic carbocycles. The van der Waals surface area contributed by atoms with Crippen LogP contribution in [0.5, 0.6) is 0 Å². The Morgan fingerprint density at radius 1 is 1.15 bits per heavy atom. The minimum atomic E-state index is -0.467. The number of carbonyl (C=O) groups excluding carboxylic acids is 2. The van der Waals surface area contributed by atoms with Crippen LogP contribution in [0.2, 0.25) is 5.02 Å². The molecule has 2 atom stereocenters. The van der Waals surface area contributed by atoms with Crippen LogP contribution in [-0.4, -0.2) is 17.4 Å². The Balaban J connectivity index is 1.65. The molecule has 1 fully saturated rings. The number of halogens is 1. The van der Waals surface area contributed by atoms with Gasteiger partial charge in [-0.15, -0.1) is 0 Å². The van der Waals surface area contributed by atoms with Gasteiger partial charge < -0.3 is 10.6 Å². The van der Waals surface area contributed by atoms with Gasteiger partial charge in [0.2, 0.25) is 5.91 Å². The van der Waals surface area contributed by atoms with Crippen LogP contribution in [0.15, 0.2) is 48.5 Å². The van der Waals surface area contributed by atoms with Crippen molar-refractivity contribution < 1.29 is 9.59 Å². The van der Waals surface area contributed by atoms with Crippen molar-refractivity contribution in [1.82, 2.24) is 5.32 Å². The van der Waals surface area contributed by atoms with Crippen molar-refractivity contribution in [2.75, 3.05) is 5.32 Å². The number of rotatable bonds is 6. The number of amides is 2. The zero-order valence-electron chi connectivity index (χ0n) is 15.9. The van der Waals surface area contributed by atoms with Crippen molar-refractivity contribution in [1.29, 1.82) is 0 Å². The summed E-state index contributed by atoms with van der Waals surface area (Å²) in [5.41, 5.74) is 1.69. The molecule has 0 saturated heterocycles. The van der Waals surface area contributed by atoms with Gasteiger partial charge in [-0.3, -0.25) is 9.59 Å². The number of hydrogen-bond acceptors (Lipinski definition) is 2. The largest absolute Gasteiger partial charge is 0.347 e. The molecule has 5 heteroatoms. The third-order valence-electron chi connectivity index (χ3n) is 4.88. The molecule has 4 nitrogen and oxygen atoms in total. The van der Waals surface area contributed by atoms with Crippen LogP contribution in [0.3, 0.4) is 0 Å². The summed E-state index contributed by atoms with van der Waals surface area (Å²) in [4.78, 5) is 24.8. The molecule has 2 amide bonds. The van der Waals surface area contributed by atoms with E-state index in [1.807, 2.05) is 38.1 Å². The number of hydrogen-bond donors (Lipinski definition) is 2. The first-order valence-corrected chi connectivity index (χ1v) is 9.60. The van der Waals surface area contributed by atoms with Crippen LogP contribution >= 0.6 is 11.6 Å². The van der Waals surface area contributed by atoms with Crippen LogP contribution in [-0.2, 0) is 11.2 Å². The normalized spacial score (nSPS) is 18.7. The predicted molar refractivity (Wildman–Crippen MR) is 109 cm³/mol. The SMILES string of the molecule is CC1CC1C(=O)Nc1cccc(C(=O)NC(C)(C)Cc2ccccc2Cl)c1. The van der Waals surface area contributed by atoms with Gasteiger partial charge in [0, 0.05) is 27.7 Å². The van der Waals surface area contributed by atoms with Gasteiger partial charge in [0.1, 0.15) is 0 Å². The maximum atomic E-state index is 12.7. The zero-order chi connectivity index (χ0) is 19.6. The second kappa shape index (κ2) is 7.73. The molecule has 2 aromatic rings. The van der Waals surface area contributed by atoms with E-state index in [1.165, 1.54) is 0 Å². The molecular formula is C22H25ClN2O2. The number of nitrogens with one attached hydrogen (secondary N) is 2. The fourth-order valence-electron chi connectivity index (χ4n) is 3.20. The smallest absolute Gasteiger partial charge is 0.251 e. The van der Waals surface area contributed by atoms with Gasteiger partial charge in [-0.05, 0) is 62.4 Å². The molecule has 0 bridgehead atoms. The first-order chi connectivity index (χ1) is 12.7. The van der Waals surface area contributed by atoms with Crippen molar-refractivity contribution in [2.45, 2.75) is 39.2 Å². The van der Waals surface area contributed by atoms with Gasteiger partial charge in [-0.2, -0.15) is 0 Å². The summed E-state index contributed by atoms with van der Waals surface area (Å²) in [6, 6.07) is 14.7. The minimum absolute atomic E-state index is 0.0270. The zero-order valence-corrected chi connectivity index (χ0v) is 16.6. The predicted octanol–water partition coefficient (Wildman–Crippen LogP) is 4.69. The molecule has 2 unspecified atom stereocenters. The monoisotopic (exact) mass is 384 g/mol. The fourth-order valence-corrected chi connectivity index (χ4v) is 3.40. The molecule has 3 rings (SSSR count). The van der Waals surface area contributed by atoms with Crippen molar-refractivity contribution in [3.05, 3.63) is 64.7 Å². The van der Waals surface area contributed by atoms with E-state index in [0.29, 0.717) is 28.6 Å². The lowest BCUT2D eigenvalue weighted by Gasteiger charge is -2.27. The summed E-state index contributed by atoms with van der Waals surface area (Å²) in [6.07, 6.45) is 1.55. The Kier molecular flexibility index (Phi) is 5.56. The van der Waals surface area contributed by atoms with Gasteiger partial charge >= 0.3 is 0 Å². The molecule has 27 heavy (non-hydrogen) atoms. The highest BCUT2D eigenvalue weighted by molar-refractivity contribution is 6.31. The third kappa shape index (κ3) is 5.10. The van der Waals surface area contributed by atoms with Crippen LogP contribution in [0, 0.1) is 11.8 Å². The van der Waals surface area contributed by atoms with E-state index in [0.717, 1.165) is 12.0 Å². The summed E-state index contributed by atoms with van der Waals surface area (Å²) in [6.45, 7) is 6.00. The van der Waals surface area contributed by atoms with E-state index in [9.17, 15) is 9.59 Å². The fraction of sp³-hybridized carbons (Fsp3) is 0.364. The van der Waals surface area contributed by atoms with Crippen LogP contribution in [0.25, 0.3) is 0 Å². The van der Waals surface area contributed by atoms with E-state index in [1.54, 1.807) is 24.3 Å². The first kappa shape index (κ1) is 19.4. The number of benzene rings is 2. The van der Waals surface area contributed by atoms with E-state index in [4.69, 9.17) is 11.6 Å². The van der Waals surface area contributed by atoms with Crippen molar-refractivity contribution in [3.8, 4) is 0 Å². The third-order valence-corrected chi connectivity index (χ3v) is 5.25. The molecule has 0 heterocycles. The van der Waals surface area contributed by atoms with Gasteiger partial charge in [0.05, 0.1) is 0 Å². The second-order valence-electron chi connectivity index (χ2n) is 8.00. The lowest BCUT2D eigenvalue weighted by Crippen LogP contribution is -2.45. The van der Waals surface area contributed by atoms with Gasteiger partial charge in [-0.25, -0.2) is 0 Å². The highest BCUT2D eigenvalue weighted by Gasteiger charge is 2.39. The number of anilines is 1. The van der Waals surface area contributed by atoms with E-state index in [-0.39, 0.29) is 17.7 Å². The maximum Gasteiger partial charge on any atom is 0.251 e. The van der Waals surface area contributed by atoms with Crippen molar-refractivity contribution >= 4 is 29.1 Å². The van der Waals surface area contributed by atoms with Crippen LogP contribution < -0.4 is 10.6 Å². The summed E-state index contributed by atoms with van der Waals surface area (Å²) >= 11 is 6.24. The maximum absolute atomic E-state index is 12.7. The van der Waals surface area contributed by atoms with E-state index >= 15 is 0 Å². The Hall–Kier alpha value is -2.33. The molecule has 0 spiro atoms. The highest BCUT2D eigenvalue weighted by atomic mass is 35.5. The average Bonchev–Trinajstić information content (AvgIpc) is 3.33. The van der Waals surface area contributed by atoms with E-state index in [2.05, 4.69) is 17.6 Å². The molecule has 0 aliphatic heterocycles. The topological polar surface area (TPSA) is 58.2 Å². The van der Waals surface area contributed by atoms with Gasteiger partial charge in [0.15, 0.2) is 0 Å². The lowest BCUT2D eigenvalue weighted by molar-refractivity contribution is -0.117. The molecular weight excluding hydrogens is 360 g/mol. The van der Waals surface area contributed by atoms with Crippen molar-refractivity contribution in [2.24, 2.45) is 11.8 Å². The highest BCUT2D eigenvalue weighted by Crippen LogP contribution is 2.38. The summed E-state index contributed by atoms with van der Waals surface area (Å²) in [7, 11) is 0. The van der Waals surface area contributed by atoms with Crippen LogP contribution in [0.4, 0.5) is 5.69 Å². The molecule has 1 aliphatic rings. The van der Waals surface area contributed by atoms with E-state index < -0.39 is 5.54 Å². The second-order valence-corrected chi connectivity index (χ2v) is 8.40. The lowest BCUT2D eigenvalue weighted by atomic mass is 9.94. The summed E-state index contributed by atoms with van der Waals surface area (Å²) < 4.78 is 0. The van der Waals surface area contributed by atoms with Crippen LogP contribution in [0.1, 0.15) is 43.1 Å². The van der Waals surface area contributed by atoms with Gasteiger partial charge in [-0.1, -0.05) is 42.8 Å². The molecule has 0 radical (unpaired) electrons. The molecule has 2 aromatic carbocycles. The number of carbonyl (C=O) groups is 2. The molecule has 2 N–H and O–H groups in total. The Labute approximate surface area is 165 Å². The minimum Gasteiger partial charge on any atom is -0.347 e. The Morgan fingerprint density at radius 3 is 2.52 bits per heavy atom. The molecule has 142 valence electrons. The standard InChI is InChI=1S/C22H25ClN2O2/c1-14-11-18(14)21(27)24-17-9-6-8-15(12-17)20(26)25-22(2,3)13-16-7-4-5-10-19(16)23/h4-10,12,14,18H,11,13H2,1-3H3,(H,24,27)(H,25,26). The molecule has 0 aromatic heterocycles. The van der Waals surface area contributed by atoms with Crippen molar-refractivity contribution in [3.63, 3.8) is 0 Å². The quantitative estimate of drug-likeness (QED) is 0.759. The summed E-state index contributed by atoms with van der Waals surface area (Å²) in [5.74, 6) is 0.390. The average molecular weight is 385 g/mol. The molecule has 1 saturated carbocycles. The Morgan fingerprint density at radius 2 is 1.85 bits per heavy atom. The summed E-state index contributed by atoms with van der Waals surface area (Å²) in [5, 5.41) is 6.66.